The molecule has 0 heterocycles. The quantitative estimate of drug-likeness (QED) is 0.522. The summed E-state index contributed by atoms with van der Waals surface area (Å²) in [5, 5.41) is 14.8. The predicted molar refractivity (Wildman–Crippen MR) is 98.7 cm³/mol. The summed E-state index contributed by atoms with van der Waals surface area (Å²) in [5.74, 6) is -0.632. The van der Waals surface area contributed by atoms with Gasteiger partial charge in [-0.2, -0.15) is 0 Å². The lowest BCUT2D eigenvalue weighted by atomic mass is 9.77. The van der Waals surface area contributed by atoms with Crippen LogP contribution in [-0.2, 0) is 16.0 Å². The highest BCUT2D eigenvalue weighted by Gasteiger charge is 2.29. The van der Waals surface area contributed by atoms with Crippen LogP contribution in [0.1, 0.15) is 30.4 Å². The van der Waals surface area contributed by atoms with Gasteiger partial charge in [0, 0.05) is 18.3 Å². The summed E-state index contributed by atoms with van der Waals surface area (Å²) < 4.78 is 10.7. The van der Waals surface area contributed by atoms with Crippen LogP contribution in [0, 0.1) is 0 Å². The normalized spacial score (nSPS) is 14.6. The fraction of sp³-hybridized carbons (Fsp3) is 0.556. The average molecular weight is 388 g/mol. The smallest absolute Gasteiger partial charge is 0.414 e. The van der Waals surface area contributed by atoms with Crippen molar-refractivity contribution in [3.05, 3.63) is 23.3 Å². The van der Waals surface area contributed by atoms with Gasteiger partial charge in [0.1, 0.15) is 0 Å². The van der Waals surface area contributed by atoms with Crippen molar-refractivity contribution >= 4 is 23.5 Å². The highest BCUT2D eigenvalue weighted by Crippen LogP contribution is 2.42. The van der Waals surface area contributed by atoms with E-state index in [1.807, 2.05) is 0 Å². The van der Waals surface area contributed by atoms with Gasteiger partial charge < -0.3 is 24.6 Å². The van der Waals surface area contributed by atoms with E-state index in [4.69, 9.17) is 40.9 Å². The number of carboxylic acids is 2. The number of carbonyl (C=O) groups is 2. The Morgan fingerprint density at radius 1 is 1.19 bits per heavy atom. The van der Waals surface area contributed by atoms with Crippen molar-refractivity contribution in [3.8, 4) is 11.5 Å². The number of hydrogen-bond donors (Lipinski definition) is 2. The second-order valence-electron chi connectivity index (χ2n) is 5.85. The number of rotatable bonds is 8. The first-order chi connectivity index (χ1) is 12.4. The number of methoxy groups -OCH3 is 2. The second kappa shape index (κ2) is 10.9. The largest absolute Gasteiger partial charge is 0.493 e. The summed E-state index contributed by atoms with van der Waals surface area (Å²) in [6.45, 7) is 5.48. The van der Waals surface area contributed by atoms with Crippen LogP contribution in [0.25, 0.3) is 0 Å². The summed E-state index contributed by atoms with van der Waals surface area (Å²) in [5.41, 5.74) is 2.80. The Hall–Kier alpha value is -1.99. The summed E-state index contributed by atoms with van der Waals surface area (Å²) in [6, 6.07) is 4.25. The molecule has 0 bridgehead atoms. The zero-order valence-electron chi connectivity index (χ0n) is 15.3. The molecule has 0 unspecified atom stereocenters. The van der Waals surface area contributed by atoms with Crippen LogP contribution in [0.15, 0.2) is 12.1 Å². The highest BCUT2D eigenvalue weighted by atomic mass is 35.5. The van der Waals surface area contributed by atoms with Gasteiger partial charge in [-0.3, -0.25) is 0 Å². The molecule has 26 heavy (non-hydrogen) atoms. The fourth-order valence-electron chi connectivity index (χ4n) is 2.87. The summed E-state index contributed by atoms with van der Waals surface area (Å²) in [7, 11) is 3.38. The van der Waals surface area contributed by atoms with Gasteiger partial charge in [0.15, 0.2) is 11.5 Å². The summed E-state index contributed by atoms with van der Waals surface area (Å²) >= 11 is 5.78. The fourth-order valence-corrected chi connectivity index (χ4v) is 2.99. The molecule has 0 aromatic heterocycles. The molecule has 0 fully saturated rings. The Bertz CT molecular complexity index is 610. The minimum absolute atomic E-state index is 0.611. The van der Waals surface area contributed by atoms with Crippen LogP contribution in [0.5, 0.6) is 11.5 Å². The zero-order chi connectivity index (χ0) is 19.7. The standard InChI is InChI=1S/C16H24ClNO2.C2H2O4/c1-4-18(7-5-6-17)11-13-8-12-9-15(19-2)16(20-3)10-14(12)13;3-1(4)2(5)6/h9-10,13H,4-8,11H2,1-3H3;(H,3,4)(H,5,6)/t13-;/m1./s1. The molecule has 0 saturated heterocycles. The van der Waals surface area contributed by atoms with Gasteiger partial charge in [0.2, 0.25) is 0 Å². The first kappa shape index (κ1) is 22.1. The molecule has 1 aromatic rings. The van der Waals surface area contributed by atoms with E-state index < -0.39 is 11.9 Å². The topological polar surface area (TPSA) is 96.3 Å². The van der Waals surface area contributed by atoms with Crippen molar-refractivity contribution in [2.45, 2.75) is 25.7 Å². The SMILES string of the molecule is CCN(CCCCl)C[C@H]1Cc2cc(OC)c(OC)cc21.O=C(O)C(=O)O. The van der Waals surface area contributed by atoms with E-state index in [-0.39, 0.29) is 0 Å². The van der Waals surface area contributed by atoms with E-state index in [0.717, 1.165) is 49.9 Å². The molecule has 1 aromatic carbocycles. The van der Waals surface area contributed by atoms with Crippen LogP contribution in [0.4, 0.5) is 0 Å². The molecule has 1 atom stereocenters. The summed E-state index contributed by atoms with van der Waals surface area (Å²) in [4.78, 5) is 20.7. The van der Waals surface area contributed by atoms with Crippen molar-refractivity contribution in [1.29, 1.82) is 0 Å². The Morgan fingerprint density at radius 3 is 2.23 bits per heavy atom. The maximum absolute atomic E-state index is 9.10. The van der Waals surface area contributed by atoms with Gasteiger partial charge in [-0.1, -0.05) is 6.92 Å². The maximum atomic E-state index is 9.10. The van der Waals surface area contributed by atoms with Gasteiger partial charge in [0.05, 0.1) is 14.2 Å². The highest BCUT2D eigenvalue weighted by molar-refractivity contribution is 6.27. The first-order valence-electron chi connectivity index (χ1n) is 8.37. The van der Waals surface area contributed by atoms with Crippen LogP contribution < -0.4 is 9.47 Å². The Morgan fingerprint density at radius 2 is 1.77 bits per heavy atom. The summed E-state index contributed by atoms with van der Waals surface area (Å²) in [6.07, 6.45) is 2.19. The number of ether oxygens (including phenoxy) is 2. The number of halogens is 1. The molecule has 0 aliphatic heterocycles. The molecule has 0 radical (unpaired) electrons. The lowest BCUT2D eigenvalue weighted by Gasteiger charge is -2.35. The number of carboxylic acid groups (broad SMARTS) is 2. The second-order valence-corrected chi connectivity index (χ2v) is 6.23. The van der Waals surface area contributed by atoms with E-state index in [1.165, 1.54) is 11.1 Å². The number of hydrogen-bond acceptors (Lipinski definition) is 5. The molecule has 2 rings (SSSR count). The molecule has 146 valence electrons. The van der Waals surface area contributed by atoms with E-state index in [0.29, 0.717) is 5.92 Å². The molecule has 0 spiro atoms. The van der Waals surface area contributed by atoms with Crippen LogP contribution in [0.3, 0.4) is 0 Å². The van der Waals surface area contributed by atoms with Crippen LogP contribution in [-0.4, -0.2) is 66.8 Å². The molecule has 0 saturated carbocycles. The minimum atomic E-state index is -1.82. The number of benzene rings is 1. The molecule has 1 aliphatic carbocycles. The van der Waals surface area contributed by atoms with Crippen LogP contribution in [0.2, 0.25) is 0 Å². The Balaban J connectivity index is 0.000000487. The number of nitrogens with zero attached hydrogens (tertiary/aromatic N) is 1. The van der Waals surface area contributed by atoms with E-state index >= 15 is 0 Å². The molecular weight excluding hydrogens is 362 g/mol. The molecule has 7 nitrogen and oxygen atoms in total. The van der Waals surface area contributed by atoms with Crippen molar-refractivity contribution in [2.24, 2.45) is 0 Å². The molecule has 1 aliphatic rings. The molecular formula is C18H26ClNO6. The van der Waals surface area contributed by atoms with Gasteiger partial charge in [-0.25, -0.2) is 9.59 Å². The van der Waals surface area contributed by atoms with Gasteiger partial charge in [-0.05, 0) is 49.2 Å². The number of fused-ring (bicyclic) bond motifs is 1. The minimum Gasteiger partial charge on any atom is -0.493 e. The third kappa shape index (κ3) is 6.07. The van der Waals surface area contributed by atoms with Crippen molar-refractivity contribution in [1.82, 2.24) is 4.90 Å². The van der Waals surface area contributed by atoms with Gasteiger partial charge >= 0.3 is 11.9 Å². The first-order valence-corrected chi connectivity index (χ1v) is 8.90. The number of alkyl halides is 1. The maximum Gasteiger partial charge on any atom is 0.414 e. The van der Waals surface area contributed by atoms with Crippen molar-refractivity contribution < 1.29 is 29.3 Å². The number of aliphatic carboxylic acids is 2. The van der Waals surface area contributed by atoms with Crippen molar-refractivity contribution in [3.63, 3.8) is 0 Å². The van der Waals surface area contributed by atoms with Crippen molar-refractivity contribution in [2.75, 3.05) is 39.7 Å². The lowest BCUT2D eigenvalue weighted by molar-refractivity contribution is -0.159. The van der Waals surface area contributed by atoms with Gasteiger partial charge in [-0.15, -0.1) is 11.6 Å². The predicted octanol–water partition coefficient (Wildman–Crippen LogP) is 2.45. The lowest BCUT2D eigenvalue weighted by Crippen LogP contribution is -2.34. The third-order valence-corrected chi connectivity index (χ3v) is 4.54. The number of likely N-dealkylation sites (N-methyl/N-ethyl adjacent to an activating group) is 1. The van der Waals surface area contributed by atoms with E-state index in [1.54, 1.807) is 14.2 Å². The average Bonchev–Trinajstić information content (AvgIpc) is 2.62. The van der Waals surface area contributed by atoms with Gasteiger partial charge in [0.25, 0.3) is 0 Å². The van der Waals surface area contributed by atoms with E-state index in [9.17, 15) is 0 Å². The molecule has 2 N–H and O–H groups in total. The third-order valence-electron chi connectivity index (χ3n) is 4.27. The Labute approximate surface area is 158 Å². The monoisotopic (exact) mass is 387 g/mol. The van der Waals surface area contributed by atoms with E-state index in [2.05, 4.69) is 24.0 Å². The molecule has 8 heteroatoms. The zero-order valence-corrected chi connectivity index (χ0v) is 16.1. The molecule has 0 amide bonds. The Kier molecular flexibility index (Phi) is 9.23. The van der Waals surface area contributed by atoms with Crippen LogP contribution >= 0.6 is 11.6 Å².